The molecule has 5 rings (SSSR count). The van der Waals surface area contributed by atoms with Gasteiger partial charge in [-0.25, -0.2) is 0 Å². The Hall–Kier alpha value is -3.89. The minimum atomic E-state index is -0.887. The van der Waals surface area contributed by atoms with E-state index in [0.29, 0.717) is 21.2 Å². The van der Waals surface area contributed by atoms with Crippen LogP contribution in [0.2, 0.25) is 0 Å². The molecular weight excluding hydrogens is 470 g/mol. The van der Waals surface area contributed by atoms with Crippen LogP contribution in [0.4, 0.5) is 5.13 Å². The lowest BCUT2D eigenvalue weighted by Crippen LogP contribution is -2.29. The fraction of sp³-hybridized carbons (Fsp3) is 0.0833. The number of ketones is 1. The van der Waals surface area contributed by atoms with Gasteiger partial charge in [0.25, 0.3) is 5.78 Å². The Kier molecular flexibility index (Phi) is 6.15. The fourth-order valence-electron chi connectivity index (χ4n) is 3.63. The van der Waals surface area contributed by atoms with Crippen LogP contribution in [0.1, 0.15) is 22.7 Å². The molecule has 34 heavy (non-hydrogen) atoms. The number of thioether (sulfide) groups is 1. The van der Waals surface area contributed by atoms with Crippen molar-refractivity contribution in [3.8, 4) is 0 Å². The summed E-state index contributed by atoms with van der Waals surface area (Å²) in [5.74, 6) is -1.15. The first-order valence-corrected chi connectivity index (χ1v) is 12.1. The number of hydrogen-bond acceptors (Lipinski definition) is 9. The number of aliphatic hydroxyl groups is 1. The first kappa shape index (κ1) is 21.9. The molecule has 1 aliphatic heterocycles. The molecule has 10 heteroatoms. The van der Waals surface area contributed by atoms with E-state index in [2.05, 4.69) is 20.2 Å². The first-order valence-electron chi connectivity index (χ1n) is 10.2. The molecule has 0 bridgehead atoms. The Balaban J connectivity index is 1.53. The van der Waals surface area contributed by atoms with Crippen LogP contribution in [-0.2, 0) is 15.3 Å². The van der Waals surface area contributed by atoms with Crippen LogP contribution in [0.5, 0.6) is 0 Å². The summed E-state index contributed by atoms with van der Waals surface area (Å²) in [7, 11) is 0. The van der Waals surface area contributed by atoms with E-state index in [0.717, 1.165) is 5.56 Å². The van der Waals surface area contributed by atoms with Gasteiger partial charge in [0.05, 0.1) is 11.6 Å². The first-order chi connectivity index (χ1) is 16.6. The summed E-state index contributed by atoms with van der Waals surface area (Å²) in [6, 6.07) is 15.7. The Bertz CT molecular complexity index is 1360. The molecule has 0 spiro atoms. The number of benzene rings is 1. The zero-order valence-corrected chi connectivity index (χ0v) is 19.2. The summed E-state index contributed by atoms with van der Waals surface area (Å²) in [6.07, 6.45) is 6.17. The van der Waals surface area contributed by atoms with Crippen LogP contribution in [0.25, 0.3) is 5.76 Å². The summed E-state index contributed by atoms with van der Waals surface area (Å²) in [4.78, 5) is 35.6. The summed E-state index contributed by atoms with van der Waals surface area (Å²) >= 11 is 2.72. The molecule has 4 heterocycles. The molecule has 4 aromatic rings. The molecule has 1 aliphatic rings. The van der Waals surface area contributed by atoms with E-state index >= 15 is 0 Å². The molecule has 1 atom stereocenters. The Morgan fingerprint density at radius 3 is 2.50 bits per heavy atom. The zero-order chi connectivity index (χ0) is 23.5. The number of carbonyl (C=O) groups is 2. The van der Waals surface area contributed by atoms with Crippen LogP contribution in [0.3, 0.4) is 0 Å². The van der Waals surface area contributed by atoms with Gasteiger partial charge >= 0.3 is 5.91 Å². The smallest absolute Gasteiger partial charge is 0.301 e. The fourth-order valence-corrected chi connectivity index (χ4v) is 5.45. The summed E-state index contributed by atoms with van der Waals surface area (Å²) in [5, 5.41) is 19.7. The van der Waals surface area contributed by atoms with Gasteiger partial charge in [-0.15, -0.1) is 10.2 Å². The minimum Gasteiger partial charge on any atom is -0.507 e. The number of Topliss-reactive ketones (excluding diaryl/α,β-unsaturated/α-hetero) is 1. The SMILES string of the molecule is O=C1C(=O)N(c2nnc(SCc3ccccc3)s2)C(c2cccnc2)/C1=C(\O)c1ccncc1. The molecular formula is C24H17N5O3S2. The number of nitrogens with zero attached hydrogens (tertiary/aromatic N) is 5. The van der Waals surface area contributed by atoms with Crippen molar-refractivity contribution in [2.75, 3.05) is 4.90 Å². The Morgan fingerprint density at radius 1 is 0.971 bits per heavy atom. The van der Waals surface area contributed by atoms with Gasteiger partial charge < -0.3 is 5.11 Å². The van der Waals surface area contributed by atoms with Crippen molar-refractivity contribution in [1.29, 1.82) is 0 Å². The monoisotopic (exact) mass is 487 g/mol. The summed E-state index contributed by atoms with van der Waals surface area (Å²) < 4.78 is 0.667. The van der Waals surface area contributed by atoms with E-state index in [1.165, 1.54) is 40.4 Å². The minimum absolute atomic E-state index is 0.0297. The van der Waals surface area contributed by atoms with Gasteiger partial charge in [-0.05, 0) is 29.3 Å². The molecule has 1 aromatic carbocycles. The summed E-state index contributed by atoms with van der Waals surface area (Å²) in [5.41, 5.74) is 2.07. The number of aromatic nitrogens is 4. The number of rotatable bonds is 6. The van der Waals surface area contributed by atoms with Crippen molar-refractivity contribution >= 4 is 45.7 Å². The number of anilines is 1. The van der Waals surface area contributed by atoms with Gasteiger partial charge in [-0.1, -0.05) is 59.5 Å². The lowest BCUT2D eigenvalue weighted by molar-refractivity contribution is -0.132. The highest BCUT2D eigenvalue weighted by molar-refractivity contribution is 8.00. The van der Waals surface area contributed by atoms with Crippen molar-refractivity contribution < 1.29 is 14.7 Å². The van der Waals surface area contributed by atoms with Crippen molar-refractivity contribution in [3.63, 3.8) is 0 Å². The van der Waals surface area contributed by atoms with Gasteiger partial charge in [0.2, 0.25) is 5.13 Å². The molecule has 8 nitrogen and oxygen atoms in total. The number of carbonyl (C=O) groups excluding carboxylic acids is 2. The zero-order valence-electron chi connectivity index (χ0n) is 17.6. The lowest BCUT2D eigenvalue weighted by atomic mass is 9.97. The van der Waals surface area contributed by atoms with E-state index in [1.807, 2.05) is 30.3 Å². The maximum atomic E-state index is 13.2. The average molecular weight is 488 g/mol. The Labute approximate surface area is 203 Å². The highest BCUT2D eigenvalue weighted by atomic mass is 32.2. The van der Waals surface area contributed by atoms with E-state index in [9.17, 15) is 14.7 Å². The second-order valence-corrected chi connectivity index (χ2v) is 9.49. The number of pyridine rings is 2. The largest absolute Gasteiger partial charge is 0.507 e. The molecule has 0 radical (unpaired) electrons. The van der Waals surface area contributed by atoms with Gasteiger partial charge in [0, 0.05) is 36.1 Å². The number of amides is 1. The third kappa shape index (κ3) is 4.20. The van der Waals surface area contributed by atoms with Crippen molar-refractivity contribution in [3.05, 3.63) is 102 Å². The highest BCUT2D eigenvalue weighted by Crippen LogP contribution is 2.43. The lowest BCUT2D eigenvalue weighted by Gasteiger charge is -2.22. The van der Waals surface area contributed by atoms with Gasteiger partial charge in [-0.2, -0.15) is 0 Å². The Morgan fingerprint density at radius 2 is 1.76 bits per heavy atom. The normalized spacial score (nSPS) is 17.3. The molecule has 3 aromatic heterocycles. The van der Waals surface area contributed by atoms with Crippen LogP contribution in [0.15, 0.2) is 89.3 Å². The number of hydrogen-bond donors (Lipinski definition) is 1. The molecule has 0 saturated carbocycles. The second kappa shape index (κ2) is 9.54. The molecule has 0 aliphatic carbocycles. The van der Waals surface area contributed by atoms with Gasteiger partial charge in [0.1, 0.15) is 5.76 Å². The van der Waals surface area contributed by atoms with E-state index < -0.39 is 17.7 Å². The predicted molar refractivity (Wildman–Crippen MR) is 129 cm³/mol. The second-order valence-electron chi connectivity index (χ2n) is 7.32. The van der Waals surface area contributed by atoms with Crippen LogP contribution in [0, 0.1) is 0 Å². The maximum Gasteiger partial charge on any atom is 0.301 e. The highest BCUT2D eigenvalue weighted by Gasteiger charge is 2.48. The van der Waals surface area contributed by atoms with Crippen molar-refractivity contribution in [1.82, 2.24) is 20.2 Å². The van der Waals surface area contributed by atoms with Crippen LogP contribution in [-0.4, -0.2) is 37.0 Å². The quantitative estimate of drug-likeness (QED) is 0.141. The molecule has 1 fully saturated rings. The molecule has 1 amide bonds. The maximum absolute atomic E-state index is 13.2. The third-order valence-electron chi connectivity index (χ3n) is 5.21. The van der Waals surface area contributed by atoms with Gasteiger partial charge in [0.15, 0.2) is 4.34 Å². The van der Waals surface area contributed by atoms with Crippen molar-refractivity contribution in [2.24, 2.45) is 0 Å². The molecule has 1 N–H and O–H groups in total. The average Bonchev–Trinajstić information content (AvgIpc) is 3.46. The van der Waals surface area contributed by atoms with Gasteiger partial charge in [-0.3, -0.25) is 24.5 Å². The molecule has 1 unspecified atom stereocenters. The predicted octanol–water partition coefficient (Wildman–Crippen LogP) is 4.25. The van der Waals surface area contributed by atoms with E-state index in [1.54, 1.807) is 36.7 Å². The van der Waals surface area contributed by atoms with Crippen LogP contribution >= 0.6 is 23.1 Å². The van der Waals surface area contributed by atoms with E-state index in [4.69, 9.17) is 0 Å². The van der Waals surface area contributed by atoms with E-state index in [-0.39, 0.29) is 16.5 Å². The third-order valence-corrected chi connectivity index (χ3v) is 7.33. The van der Waals surface area contributed by atoms with Crippen LogP contribution < -0.4 is 4.90 Å². The summed E-state index contributed by atoms with van der Waals surface area (Å²) in [6.45, 7) is 0. The number of aliphatic hydroxyl groups excluding tert-OH is 1. The molecule has 168 valence electrons. The standard InChI is InChI=1S/C24H17N5O3S2/c30-20(16-8-11-25-12-9-16)18-19(17-7-4-10-26-13-17)29(22(32)21(18)31)23-27-28-24(34-23)33-14-15-5-2-1-3-6-15/h1-13,19,30H,14H2/b20-18+. The topological polar surface area (TPSA) is 109 Å². The van der Waals surface area contributed by atoms with Crippen molar-refractivity contribution in [2.45, 2.75) is 16.1 Å². The molecule has 1 saturated heterocycles.